The Hall–Kier alpha value is -1.35. The van der Waals surface area contributed by atoms with Crippen LogP contribution in [-0.2, 0) is 26.3 Å². The van der Waals surface area contributed by atoms with Gasteiger partial charge in [0.15, 0.2) is 0 Å². The van der Waals surface area contributed by atoms with Crippen molar-refractivity contribution in [3.05, 3.63) is 51.1 Å². The molecule has 29 heavy (non-hydrogen) atoms. The smallest absolute Gasteiger partial charge is 0.264 e. The average Bonchev–Trinajstić information content (AvgIpc) is 3.18. The van der Waals surface area contributed by atoms with E-state index in [-0.39, 0.29) is 11.5 Å². The van der Waals surface area contributed by atoms with Crippen LogP contribution >= 0.6 is 27.5 Å². The Balaban J connectivity index is 1.66. The first-order valence-electron chi connectivity index (χ1n) is 9.31. The van der Waals surface area contributed by atoms with Crippen LogP contribution in [0.5, 0.6) is 5.75 Å². The SMILES string of the molecule is COc1ccc(CN2CC3(CCC(OS(C)(=O)=O)C3)c3c2ncc(Br)c3Cl)cc1. The van der Waals surface area contributed by atoms with Crippen LogP contribution in [0, 0.1) is 0 Å². The molecule has 2 atom stereocenters. The van der Waals surface area contributed by atoms with Crippen molar-refractivity contribution in [2.45, 2.75) is 37.3 Å². The van der Waals surface area contributed by atoms with Gasteiger partial charge >= 0.3 is 0 Å². The van der Waals surface area contributed by atoms with Crippen molar-refractivity contribution in [3.63, 3.8) is 0 Å². The number of pyridine rings is 1. The zero-order chi connectivity index (χ0) is 20.8. The van der Waals surface area contributed by atoms with Crippen LogP contribution in [0.15, 0.2) is 34.9 Å². The van der Waals surface area contributed by atoms with Gasteiger partial charge in [-0.1, -0.05) is 23.7 Å². The topological polar surface area (TPSA) is 68.7 Å². The Morgan fingerprint density at radius 2 is 2.07 bits per heavy atom. The molecule has 1 saturated carbocycles. The van der Waals surface area contributed by atoms with Crippen LogP contribution < -0.4 is 9.64 Å². The van der Waals surface area contributed by atoms with E-state index in [9.17, 15) is 8.42 Å². The lowest BCUT2D eigenvalue weighted by Crippen LogP contribution is -2.32. The fourth-order valence-electron chi connectivity index (χ4n) is 4.54. The van der Waals surface area contributed by atoms with E-state index in [1.54, 1.807) is 13.3 Å². The Labute approximate surface area is 184 Å². The van der Waals surface area contributed by atoms with Gasteiger partial charge < -0.3 is 9.64 Å². The first kappa shape index (κ1) is 20.9. The molecule has 1 aliphatic heterocycles. The van der Waals surface area contributed by atoms with Crippen molar-refractivity contribution >= 4 is 43.5 Å². The summed E-state index contributed by atoms with van der Waals surface area (Å²) >= 11 is 10.2. The number of nitrogens with zero attached hydrogens (tertiary/aromatic N) is 2. The largest absolute Gasteiger partial charge is 0.497 e. The number of benzene rings is 1. The van der Waals surface area contributed by atoms with E-state index in [0.717, 1.165) is 46.4 Å². The maximum absolute atomic E-state index is 11.6. The predicted molar refractivity (Wildman–Crippen MR) is 116 cm³/mol. The van der Waals surface area contributed by atoms with E-state index in [1.165, 1.54) is 0 Å². The summed E-state index contributed by atoms with van der Waals surface area (Å²) in [7, 11) is -1.85. The van der Waals surface area contributed by atoms with Crippen molar-refractivity contribution in [2.75, 3.05) is 24.8 Å². The van der Waals surface area contributed by atoms with Crippen LogP contribution in [0.4, 0.5) is 5.82 Å². The summed E-state index contributed by atoms with van der Waals surface area (Å²) in [5, 5.41) is 0.646. The summed E-state index contributed by atoms with van der Waals surface area (Å²) in [4.78, 5) is 6.88. The molecule has 4 rings (SSSR count). The van der Waals surface area contributed by atoms with E-state index in [2.05, 4.69) is 25.8 Å². The molecule has 1 aromatic heterocycles. The third kappa shape index (κ3) is 4.13. The molecule has 6 nitrogen and oxygen atoms in total. The van der Waals surface area contributed by atoms with Gasteiger partial charge in [0, 0.05) is 30.3 Å². The summed E-state index contributed by atoms with van der Waals surface area (Å²) in [6, 6.07) is 7.95. The second-order valence-electron chi connectivity index (χ2n) is 7.77. The fourth-order valence-corrected chi connectivity index (χ4v) is 5.84. The average molecular weight is 502 g/mol. The molecular formula is C20H22BrClN2O4S. The first-order chi connectivity index (χ1) is 13.7. The molecule has 2 aromatic rings. The molecule has 2 unspecified atom stereocenters. The zero-order valence-electron chi connectivity index (χ0n) is 16.2. The van der Waals surface area contributed by atoms with E-state index < -0.39 is 10.1 Å². The standard InChI is InChI=1S/C20H22BrClN2O4S/c1-27-14-5-3-13(4-6-14)11-24-12-20(8-7-15(9-20)28-29(2,25)26)17-18(22)16(21)10-23-19(17)24/h3-6,10,15H,7-9,11-12H2,1-2H3. The van der Waals surface area contributed by atoms with E-state index in [1.807, 2.05) is 24.3 Å². The Bertz CT molecular complexity index is 1030. The molecule has 0 N–H and O–H groups in total. The van der Waals surface area contributed by atoms with Gasteiger partial charge in [-0.15, -0.1) is 0 Å². The van der Waals surface area contributed by atoms with Gasteiger partial charge in [0.25, 0.3) is 10.1 Å². The third-order valence-electron chi connectivity index (χ3n) is 5.68. The van der Waals surface area contributed by atoms with Crippen molar-refractivity contribution in [2.24, 2.45) is 0 Å². The highest BCUT2D eigenvalue weighted by molar-refractivity contribution is 9.10. The van der Waals surface area contributed by atoms with Crippen molar-refractivity contribution < 1.29 is 17.3 Å². The van der Waals surface area contributed by atoms with Crippen LogP contribution in [0.2, 0.25) is 5.02 Å². The lowest BCUT2D eigenvalue weighted by Gasteiger charge is -2.26. The lowest BCUT2D eigenvalue weighted by atomic mass is 9.81. The number of methoxy groups -OCH3 is 1. The van der Waals surface area contributed by atoms with Gasteiger partial charge in [-0.25, -0.2) is 4.98 Å². The summed E-state index contributed by atoms with van der Waals surface area (Å²) < 4.78 is 34.6. The van der Waals surface area contributed by atoms with E-state index in [0.29, 0.717) is 24.4 Å². The lowest BCUT2D eigenvalue weighted by molar-refractivity contribution is 0.210. The molecule has 1 aromatic carbocycles. The molecule has 0 bridgehead atoms. The maximum atomic E-state index is 11.6. The molecule has 9 heteroatoms. The first-order valence-corrected chi connectivity index (χ1v) is 12.3. The number of hydrogen-bond donors (Lipinski definition) is 0. The molecule has 1 spiro atoms. The molecule has 0 saturated heterocycles. The van der Waals surface area contributed by atoms with Crippen molar-refractivity contribution in [3.8, 4) is 5.75 Å². The maximum Gasteiger partial charge on any atom is 0.264 e. The molecule has 1 fully saturated rings. The fraction of sp³-hybridized carbons (Fsp3) is 0.450. The predicted octanol–water partition coefficient (Wildman–Crippen LogP) is 4.29. The molecule has 2 heterocycles. The molecule has 0 amide bonds. The zero-order valence-corrected chi connectivity index (χ0v) is 19.3. The minimum absolute atomic E-state index is 0.273. The van der Waals surface area contributed by atoms with Gasteiger partial charge in [-0.05, 0) is 52.9 Å². The van der Waals surface area contributed by atoms with Gasteiger partial charge in [-0.3, -0.25) is 4.18 Å². The normalized spacial score (nSPS) is 23.6. The van der Waals surface area contributed by atoms with Gasteiger partial charge in [0.2, 0.25) is 0 Å². The number of anilines is 1. The summed E-state index contributed by atoms with van der Waals surface area (Å²) in [5.41, 5.74) is 1.85. The monoisotopic (exact) mass is 500 g/mol. The Kier molecular flexibility index (Phi) is 5.57. The number of aromatic nitrogens is 1. The molecule has 2 aliphatic rings. The number of hydrogen-bond acceptors (Lipinski definition) is 6. The number of ether oxygens (including phenoxy) is 1. The highest BCUT2D eigenvalue weighted by atomic mass is 79.9. The minimum Gasteiger partial charge on any atom is -0.497 e. The number of rotatable bonds is 5. The van der Waals surface area contributed by atoms with Gasteiger partial charge in [0.1, 0.15) is 11.6 Å². The van der Waals surface area contributed by atoms with Crippen LogP contribution in [0.3, 0.4) is 0 Å². The molecular weight excluding hydrogens is 480 g/mol. The highest BCUT2D eigenvalue weighted by Crippen LogP contribution is 2.54. The van der Waals surface area contributed by atoms with Crippen molar-refractivity contribution in [1.82, 2.24) is 4.98 Å². The van der Waals surface area contributed by atoms with Crippen molar-refractivity contribution in [1.29, 1.82) is 0 Å². The molecule has 156 valence electrons. The highest BCUT2D eigenvalue weighted by Gasteiger charge is 2.51. The van der Waals surface area contributed by atoms with Crippen LogP contribution in [0.25, 0.3) is 0 Å². The van der Waals surface area contributed by atoms with Gasteiger partial charge in [0.05, 0.1) is 29.0 Å². The quantitative estimate of drug-likeness (QED) is 0.569. The van der Waals surface area contributed by atoms with Crippen LogP contribution in [-0.4, -0.2) is 39.4 Å². The van der Waals surface area contributed by atoms with Crippen LogP contribution in [0.1, 0.15) is 30.4 Å². The second kappa shape index (κ2) is 7.72. The third-order valence-corrected chi connectivity index (χ3v) is 7.53. The van der Waals surface area contributed by atoms with E-state index in [4.69, 9.17) is 20.5 Å². The number of halogens is 2. The van der Waals surface area contributed by atoms with E-state index >= 15 is 0 Å². The summed E-state index contributed by atoms with van der Waals surface area (Å²) in [5.74, 6) is 1.67. The number of fused-ring (bicyclic) bond motifs is 2. The van der Waals surface area contributed by atoms with Gasteiger partial charge in [-0.2, -0.15) is 8.42 Å². The molecule has 0 radical (unpaired) electrons. The Morgan fingerprint density at radius 1 is 1.34 bits per heavy atom. The second-order valence-corrected chi connectivity index (χ2v) is 10.6. The molecule has 1 aliphatic carbocycles. The minimum atomic E-state index is -3.50. The summed E-state index contributed by atoms with van der Waals surface area (Å²) in [6.07, 6.45) is 4.56. The Morgan fingerprint density at radius 3 is 2.72 bits per heavy atom. The summed E-state index contributed by atoms with van der Waals surface area (Å²) in [6.45, 7) is 1.41.